The molecule has 0 aromatic heterocycles. The lowest BCUT2D eigenvalue weighted by molar-refractivity contribution is -0.120. The average Bonchev–Trinajstić information content (AvgIpc) is 1.65. The molecule has 0 heterocycles. The van der Waals surface area contributed by atoms with Crippen LogP contribution in [0.5, 0.6) is 0 Å². The maximum absolute atomic E-state index is 8.99. The van der Waals surface area contributed by atoms with E-state index in [2.05, 4.69) is 4.43 Å². The van der Waals surface area contributed by atoms with Crippen LogP contribution in [0, 0.1) is 0 Å². The molecule has 0 unspecified atom stereocenters. The van der Waals surface area contributed by atoms with E-state index in [-0.39, 0.29) is 0 Å². The maximum Gasteiger partial charge on any atom is 0.279 e. The first-order valence-corrected chi connectivity index (χ1v) is 3.04. The molecule has 3 nitrogen and oxygen atoms in total. The molecule has 0 bridgehead atoms. The summed E-state index contributed by atoms with van der Waals surface area (Å²) >= 11 is 0. The molecule has 0 rings (SSSR count). The van der Waals surface area contributed by atoms with Crippen LogP contribution in [0.1, 0.15) is 0 Å². The highest BCUT2D eigenvalue weighted by Crippen LogP contribution is 1.47. The van der Waals surface area contributed by atoms with Gasteiger partial charge in [0, 0.05) is 0 Å². The summed E-state index contributed by atoms with van der Waals surface area (Å²) in [6.07, 6.45) is 0. The summed E-state index contributed by atoms with van der Waals surface area (Å²) < 4.78 is 4.00. The first kappa shape index (κ1) is 10.6. The van der Waals surface area contributed by atoms with Crippen molar-refractivity contribution in [3.05, 3.63) is 0 Å². The van der Waals surface area contributed by atoms with Gasteiger partial charge in [-0.15, -0.1) is 0 Å². The summed E-state index contributed by atoms with van der Waals surface area (Å²) in [5, 5.41) is 0. The Morgan fingerprint density at radius 3 is 1.62 bits per heavy atom. The van der Waals surface area contributed by atoms with Crippen LogP contribution in [0.15, 0.2) is 0 Å². The normalized spacial score (nSPS) is 7.50. The SMILES string of the molecule is CN(C)C.O=CO[SiH3]. The van der Waals surface area contributed by atoms with Gasteiger partial charge in [0.05, 0.1) is 0 Å². The highest BCUT2D eigenvalue weighted by Gasteiger charge is 1.58. The zero-order chi connectivity index (χ0) is 6.99. The summed E-state index contributed by atoms with van der Waals surface area (Å²) in [5.74, 6) is 0. The van der Waals surface area contributed by atoms with Crippen LogP contribution >= 0.6 is 0 Å². The monoisotopic (exact) mass is 135 g/mol. The molecule has 0 aromatic carbocycles. The Labute approximate surface area is 53.2 Å². The zero-order valence-corrected chi connectivity index (χ0v) is 7.84. The van der Waals surface area contributed by atoms with E-state index >= 15 is 0 Å². The summed E-state index contributed by atoms with van der Waals surface area (Å²) in [5.41, 5.74) is 0. The van der Waals surface area contributed by atoms with Crippen LogP contribution in [0.2, 0.25) is 0 Å². The quantitative estimate of drug-likeness (QED) is 0.328. The third kappa shape index (κ3) is 291. The second-order valence-corrected chi connectivity index (χ2v) is 2.14. The van der Waals surface area contributed by atoms with Gasteiger partial charge in [0.15, 0.2) is 0 Å². The fraction of sp³-hybridized carbons (Fsp3) is 0.750. The lowest BCUT2D eigenvalue weighted by atomic mass is 11.0. The first-order valence-electron chi connectivity index (χ1n) is 2.22. The van der Waals surface area contributed by atoms with E-state index in [1.165, 1.54) is 0 Å². The van der Waals surface area contributed by atoms with Crippen LogP contribution in [0.3, 0.4) is 0 Å². The Morgan fingerprint density at radius 1 is 1.50 bits per heavy atom. The van der Waals surface area contributed by atoms with Gasteiger partial charge in [-0.05, 0) is 21.1 Å². The van der Waals surface area contributed by atoms with Gasteiger partial charge >= 0.3 is 0 Å². The largest absolute Gasteiger partial charge is 0.531 e. The molecule has 0 radical (unpaired) electrons. The standard InChI is InChI=1S/C3H9N.CH4O2Si/c1-4(2)3;2-1-3-4/h1-3H3;1H,4H3. The van der Waals surface area contributed by atoms with Crippen LogP contribution in [-0.4, -0.2) is 43.0 Å². The van der Waals surface area contributed by atoms with Crippen molar-refractivity contribution in [3.63, 3.8) is 0 Å². The second-order valence-electron chi connectivity index (χ2n) is 1.67. The van der Waals surface area contributed by atoms with Gasteiger partial charge in [-0.2, -0.15) is 0 Å². The van der Waals surface area contributed by atoms with Crippen LogP contribution < -0.4 is 0 Å². The highest BCUT2D eigenvalue weighted by atomic mass is 28.2. The Hall–Kier alpha value is -0.353. The number of carbonyl (C=O) groups is 1. The molecule has 0 saturated carbocycles. The number of hydrogen-bond donors (Lipinski definition) is 0. The van der Waals surface area contributed by atoms with Crippen molar-refractivity contribution in [1.29, 1.82) is 0 Å². The smallest absolute Gasteiger partial charge is 0.279 e. The predicted octanol–water partition coefficient (Wildman–Crippen LogP) is -1.38. The molecule has 0 spiro atoms. The Kier molecular flexibility index (Phi) is 13.0. The summed E-state index contributed by atoms with van der Waals surface area (Å²) in [6, 6.07) is 0. The van der Waals surface area contributed by atoms with Gasteiger partial charge in [0.1, 0.15) is 0 Å². The molecular formula is C4H13NO2Si. The van der Waals surface area contributed by atoms with Crippen LogP contribution in [0.4, 0.5) is 0 Å². The molecule has 8 heavy (non-hydrogen) atoms. The number of carbonyl (C=O) groups excluding carboxylic acids is 1. The Morgan fingerprint density at radius 2 is 1.62 bits per heavy atom. The Bertz CT molecular complexity index is 46.5. The van der Waals surface area contributed by atoms with Crippen molar-refractivity contribution < 1.29 is 9.22 Å². The molecule has 0 aliphatic rings. The molecule has 0 N–H and O–H groups in total. The van der Waals surface area contributed by atoms with E-state index in [0.717, 1.165) is 0 Å². The number of hydrogen-bond acceptors (Lipinski definition) is 3. The van der Waals surface area contributed by atoms with E-state index in [4.69, 9.17) is 4.79 Å². The molecule has 50 valence electrons. The highest BCUT2D eigenvalue weighted by molar-refractivity contribution is 6.01. The predicted molar refractivity (Wildman–Crippen MR) is 36.7 cm³/mol. The second kappa shape index (κ2) is 9.82. The zero-order valence-electron chi connectivity index (χ0n) is 5.84. The third-order valence-corrected chi connectivity index (χ3v) is 0.289. The number of nitrogens with zero attached hydrogens (tertiary/aromatic N) is 1. The van der Waals surface area contributed by atoms with Crippen molar-refractivity contribution in [3.8, 4) is 0 Å². The number of rotatable bonds is 1. The molecule has 4 heteroatoms. The maximum atomic E-state index is 8.99. The van der Waals surface area contributed by atoms with Gasteiger partial charge in [-0.25, -0.2) is 0 Å². The fourth-order valence-electron chi connectivity index (χ4n) is 0. The Balaban J connectivity index is 0. The van der Waals surface area contributed by atoms with E-state index in [0.29, 0.717) is 17.0 Å². The molecule has 0 atom stereocenters. The summed E-state index contributed by atoms with van der Waals surface area (Å²) in [4.78, 5) is 11.0. The minimum atomic E-state index is 0.437. The van der Waals surface area contributed by atoms with Gasteiger partial charge < -0.3 is 9.33 Å². The molecule has 0 fully saturated rings. The van der Waals surface area contributed by atoms with Gasteiger partial charge in [-0.1, -0.05) is 0 Å². The van der Waals surface area contributed by atoms with Crippen LogP contribution in [0.25, 0.3) is 0 Å². The topological polar surface area (TPSA) is 29.5 Å². The third-order valence-electron chi connectivity index (χ3n) is 0.0962. The molecule has 0 aliphatic carbocycles. The van der Waals surface area contributed by atoms with Gasteiger partial charge in [0.2, 0.25) is 10.5 Å². The van der Waals surface area contributed by atoms with Gasteiger partial charge in [-0.3, -0.25) is 4.79 Å². The van der Waals surface area contributed by atoms with E-state index < -0.39 is 0 Å². The minimum Gasteiger partial charge on any atom is -0.531 e. The van der Waals surface area contributed by atoms with E-state index in [9.17, 15) is 0 Å². The fourth-order valence-corrected chi connectivity index (χ4v) is 0. The molecular weight excluding hydrogens is 122 g/mol. The minimum absolute atomic E-state index is 0.437. The van der Waals surface area contributed by atoms with Crippen molar-refractivity contribution in [2.75, 3.05) is 21.1 Å². The lowest BCUT2D eigenvalue weighted by Gasteiger charge is -1.90. The molecule has 0 aromatic rings. The van der Waals surface area contributed by atoms with Crippen molar-refractivity contribution >= 4 is 17.0 Å². The lowest BCUT2D eigenvalue weighted by Crippen LogP contribution is -1.99. The van der Waals surface area contributed by atoms with Crippen molar-refractivity contribution in [1.82, 2.24) is 4.90 Å². The summed E-state index contributed by atoms with van der Waals surface area (Å²) in [7, 11) is 6.52. The molecule has 0 amide bonds. The average molecular weight is 135 g/mol. The van der Waals surface area contributed by atoms with Crippen LogP contribution in [-0.2, 0) is 9.22 Å². The van der Waals surface area contributed by atoms with E-state index in [1.807, 2.05) is 26.0 Å². The molecule has 0 aliphatic heterocycles. The van der Waals surface area contributed by atoms with Crippen molar-refractivity contribution in [2.24, 2.45) is 0 Å². The van der Waals surface area contributed by atoms with Crippen molar-refractivity contribution in [2.45, 2.75) is 0 Å². The van der Waals surface area contributed by atoms with Gasteiger partial charge in [0.25, 0.3) is 6.47 Å². The van der Waals surface area contributed by atoms with E-state index in [1.54, 1.807) is 0 Å². The first-order chi connectivity index (χ1) is 3.65. The summed E-state index contributed by atoms with van der Waals surface area (Å²) in [6.45, 7) is 0.437. The molecule has 0 saturated heterocycles.